The number of allylic oxidation sites excluding steroid dienone is 4. The van der Waals surface area contributed by atoms with Gasteiger partial charge in [0.1, 0.15) is 5.60 Å². The Balaban J connectivity index is 1.74. The van der Waals surface area contributed by atoms with Gasteiger partial charge in [-0.05, 0) is 80.3 Å². The molecule has 0 unspecified atom stereocenters. The number of aliphatic hydroxyl groups is 1. The van der Waals surface area contributed by atoms with Gasteiger partial charge >= 0.3 is 0 Å². The van der Waals surface area contributed by atoms with E-state index >= 15 is 0 Å². The normalized spacial score (nSPS) is 49.4. The molecule has 26 heavy (non-hydrogen) atoms. The van der Waals surface area contributed by atoms with Crippen molar-refractivity contribution in [1.29, 1.82) is 0 Å². The Kier molecular flexibility index (Phi) is 3.89. The lowest BCUT2D eigenvalue weighted by Gasteiger charge is -2.57. The van der Waals surface area contributed by atoms with Crippen LogP contribution in [0.5, 0.6) is 0 Å². The average Bonchev–Trinajstić information content (AvgIpc) is 2.92. The Morgan fingerprint density at radius 2 is 1.88 bits per heavy atom. The highest BCUT2D eigenvalue weighted by atomic mass is 16.3. The quantitative estimate of drug-likeness (QED) is 0.382. The molecular formula is C21H32N4O. The van der Waals surface area contributed by atoms with Gasteiger partial charge in [0, 0.05) is 5.41 Å². The summed E-state index contributed by atoms with van der Waals surface area (Å²) in [6.45, 7) is 6.56. The van der Waals surface area contributed by atoms with Gasteiger partial charge in [0.05, 0.1) is 11.4 Å². The first-order chi connectivity index (χ1) is 12.3. The van der Waals surface area contributed by atoms with Crippen molar-refractivity contribution < 1.29 is 5.11 Å². The largest absolute Gasteiger partial charge is 0.383 e. The van der Waals surface area contributed by atoms with Crippen LogP contribution in [0.2, 0.25) is 0 Å². The van der Waals surface area contributed by atoms with Gasteiger partial charge in [0.2, 0.25) is 0 Å². The number of rotatable bonds is 1. The van der Waals surface area contributed by atoms with E-state index in [0.29, 0.717) is 23.5 Å². The molecule has 2 saturated carbocycles. The maximum atomic E-state index is 11.5. The van der Waals surface area contributed by atoms with Gasteiger partial charge in [0.15, 0.2) is 0 Å². The third-order valence-electron chi connectivity index (χ3n) is 8.64. The predicted octanol–water partition coefficient (Wildman–Crippen LogP) is 3.11. The van der Waals surface area contributed by atoms with Crippen molar-refractivity contribution in [3.05, 3.63) is 23.8 Å². The van der Waals surface area contributed by atoms with E-state index in [2.05, 4.69) is 42.3 Å². The first-order valence-corrected chi connectivity index (χ1v) is 9.94. The van der Waals surface area contributed by atoms with Gasteiger partial charge in [-0.3, -0.25) is 0 Å². The van der Waals surface area contributed by atoms with Crippen LogP contribution < -0.4 is 11.7 Å². The molecule has 4 aliphatic rings. The Labute approximate surface area is 156 Å². The second kappa shape index (κ2) is 5.69. The van der Waals surface area contributed by atoms with Crippen LogP contribution in [0, 0.1) is 28.6 Å². The second-order valence-corrected chi connectivity index (χ2v) is 9.36. The van der Waals surface area contributed by atoms with E-state index in [1.165, 1.54) is 5.57 Å². The fraction of sp³-hybridized carbons (Fsp3) is 0.714. The summed E-state index contributed by atoms with van der Waals surface area (Å²) in [5.74, 6) is 12.7. The molecule has 5 heteroatoms. The van der Waals surface area contributed by atoms with E-state index in [-0.39, 0.29) is 10.8 Å². The van der Waals surface area contributed by atoms with Gasteiger partial charge in [-0.1, -0.05) is 26.0 Å². The summed E-state index contributed by atoms with van der Waals surface area (Å²) in [6, 6.07) is 0. The minimum Gasteiger partial charge on any atom is -0.383 e. The van der Waals surface area contributed by atoms with Crippen LogP contribution in [0.3, 0.4) is 0 Å². The average molecular weight is 357 g/mol. The fourth-order valence-electron chi connectivity index (χ4n) is 6.83. The van der Waals surface area contributed by atoms with Crippen molar-refractivity contribution in [1.82, 2.24) is 0 Å². The SMILES string of the molecule is C/C(=N\N)[C@@]1(O)CC[C@@H]2[C@@H]3C=CC4=C/C(=N\N)CC[C@]4(C)[C@H]3CC[C@@]21C. The van der Waals surface area contributed by atoms with Gasteiger partial charge in [-0.2, -0.15) is 10.2 Å². The maximum Gasteiger partial charge on any atom is 0.110 e. The molecule has 0 spiro atoms. The monoisotopic (exact) mass is 356 g/mol. The number of hydrazone groups is 2. The number of fused-ring (bicyclic) bond motifs is 5. The zero-order valence-corrected chi connectivity index (χ0v) is 16.2. The molecule has 0 aromatic heterocycles. The Morgan fingerprint density at radius 1 is 1.15 bits per heavy atom. The highest BCUT2D eigenvalue weighted by molar-refractivity contribution is 5.97. The summed E-state index contributed by atoms with van der Waals surface area (Å²) in [5.41, 5.74) is 2.24. The van der Waals surface area contributed by atoms with Crippen LogP contribution in [0.4, 0.5) is 0 Å². The standard InChI is InChI=1S/C21H32N4O/c1-13(24-22)21(26)11-8-18-16-5-4-14-12-15(25-23)6-9-19(14,2)17(16)7-10-20(18,21)3/h4-5,12,16-18,26H,6-11,22-23H2,1-3H3/b24-13+,25-15-/t16-,17+,18-,19+,20+,21+/m1/s1. The summed E-state index contributed by atoms with van der Waals surface area (Å²) in [6.07, 6.45) is 12.9. The zero-order chi connectivity index (χ0) is 18.7. The van der Waals surface area contributed by atoms with Crippen LogP contribution in [-0.4, -0.2) is 22.1 Å². The Morgan fingerprint density at radius 3 is 2.58 bits per heavy atom. The molecule has 0 aromatic rings. The topological polar surface area (TPSA) is 97.0 Å². The van der Waals surface area contributed by atoms with E-state index in [1.54, 1.807) is 0 Å². The minimum absolute atomic E-state index is 0.151. The van der Waals surface area contributed by atoms with Crippen LogP contribution >= 0.6 is 0 Å². The van der Waals surface area contributed by atoms with E-state index in [9.17, 15) is 5.11 Å². The van der Waals surface area contributed by atoms with Crippen LogP contribution in [0.15, 0.2) is 34.0 Å². The van der Waals surface area contributed by atoms with E-state index < -0.39 is 5.60 Å². The van der Waals surface area contributed by atoms with Gasteiger partial charge in [-0.25, -0.2) is 0 Å². The summed E-state index contributed by atoms with van der Waals surface area (Å²) < 4.78 is 0. The third-order valence-corrected chi connectivity index (χ3v) is 8.64. The number of nitrogens with two attached hydrogens (primary N) is 2. The van der Waals surface area contributed by atoms with Crippen LogP contribution in [-0.2, 0) is 0 Å². The molecule has 0 radical (unpaired) electrons. The highest BCUT2D eigenvalue weighted by Crippen LogP contribution is 2.66. The molecule has 4 aliphatic carbocycles. The minimum atomic E-state index is -0.867. The Bertz CT molecular complexity index is 738. The summed E-state index contributed by atoms with van der Waals surface area (Å²) in [5, 5.41) is 19.3. The smallest absolute Gasteiger partial charge is 0.110 e. The lowest BCUT2D eigenvalue weighted by molar-refractivity contribution is -0.0748. The molecule has 5 N–H and O–H groups in total. The highest BCUT2D eigenvalue weighted by Gasteiger charge is 2.64. The number of hydrogen-bond donors (Lipinski definition) is 3. The van der Waals surface area contributed by atoms with Gasteiger partial charge < -0.3 is 16.8 Å². The first-order valence-electron chi connectivity index (χ1n) is 9.94. The van der Waals surface area contributed by atoms with Crippen molar-refractivity contribution in [3.8, 4) is 0 Å². The molecule has 2 fully saturated rings. The molecular weight excluding hydrogens is 324 g/mol. The van der Waals surface area contributed by atoms with Crippen molar-refractivity contribution in [2.24, 2.45) is 50.5 Å². The molecule has 5 nitrogen and oxygen atoms in total. The van der Waals surface area contributed by atoms with Crippen molar-refractivity contribution in [2.75, 3.05) is 0 Å². The summed E-state index contributed by atoms with van der Waals surface area (Å²) >= 11 is 0. The van der Waals surface area contributed by atoms with Crippen molar-refractivity contribution >= 4 is 11.4 Å². The van der Waals surface area contributed by atoms with Crippen molar-refractivity contribution in [3.63, 3.8) is 0 Å². The molecule has 0 aliphatic heterocycles. The summed E-state index contributed by atoms with van der Waals surface area (Å²) in [7, 11) is 0. The van der Waals surface area contributed by atoms with Crippen molar-refractivity contribution in [2.45, 2.75) is 64.9 Å². The molecule has 0 heterocycles. The van der Waals surface area contributed by atoms with E-state index in [4.69, 9.17) is 11.7 Å². The van der Waals surface area contributed by atoms with Crippen LogP contribution in [0.25, 0.3) is 0 Å². The van der Waals surface area contributed by atoms with E-state index in [0.717, 1.165) is 44.2 Å². The lowest BCUT2D eigenvalue weighted by Crippen LogP contribution is -2.56. The number of hydrogen-bond acceptors (Lipinski definition) is 5. The molecule has 0 amide bonds. The lowest BCUT2D eigenvalue weighted by atomic mass is 9.48. The molecule has 0 saturated heterocycles. The van der Waals surface area contributed by atoms with Gasteiger partial charge in [-0.15, -0.1) is 0 Å². The molecule has 142 valence electrons. The molecule has 0 bridgehead atoms. The zero-order valence-electron chi connectivity index (χ0n) is 16.2. The first kappa shape index (κ1) is 17.8. The third kappa shape index (κ3) is 2.07. The number of nitrogens with zero attached hydrogens (tertiary/aromatic N) is 2. The van der Waals surface area contributed by atoms with Gasteiger partial charge in [0.25, 0.3) is 0 Å². The predicted molar refractivity (Wildman–Crippen MR) is 105 cm³/mol. The molecule has 4 rings (SSSR count). The summed E-state index contributed by atoms with van der Waals surface area (Å²) in [4.78, 5) is 0. The molecule has 0 aromatic carbocycles. The fourth-order valence-corrected chi connectivity index (χ4v) is 6.83. The Hall–Kier alpha value is -1.62. The maximum absolute atomic E-state index is 11.5. The second-order valence-electron chi connectivity index (χ2n) is 9.36. The van der Waals surface area contributed by atoms with Crippen LogP contribution in [0.1, 0.15) is 59.3 Å². The molecule has 6 atom stereocenters. The van der Waals surface area contributed by atoms with E-state index in [1.807, 2.05) is 6.92 Å².